The zero-order chi connectivity index (χ0) is 12.4. The predicted molar refractivity (Wildman–Crippen MR) is 74.3 cm³/mol. The molecule has 1 aliphatic heterocycles. The van der Waals surface area contributed by atoms with Gasteiger partial charge in [-0.3, -0.25) is 4.79 Å². The van der Waals surface area contributed by atoms with Crippen molar-refractivity contribution < 1.29 is 4.79 Å². The summed E-state index contributed by atoms with van der Waals surface area (Å²) in [5, 5.41) is 1.77. The number of halogens is 3. The van der Waals surface area contributed by atoms with Gasteiger partial charge in [-0.05, 0) is 31.0 Å². The standard InChI is InChI=1S/C12H12BrCl2NO/c13-7-9-2-1-5-16(9)12(17)10-4-3-8(14)6-11(10)15/h3-4,6,9H,1-2,5,7H2. The van der Waals surface area contributed by atoms with Gasteiger partial charge in [-0.2, -0.15) is 0 Å². The molecule has 1 heterocycles. The maximum Gasteiger partial charge on any atom is 0.255 e. The third-order valence-corrected chi connectivity index (χ3v) is 4.27. The second-order valence-electron chi connectivity index (χ2n) is 4.07. The summed E-state index contributed by atoms with van der Waals surface area (Å²) in [6, 6.07) is 5.26. The highest BCUT2D eigenvalue weighted by molar-refractivity contribution is 9.09. The number of likely N-dealkylation sites (tertiary alicyclic amines) is 1. The average Bonchev–Trinajstić information content (AvgIpc) is 2.76. The fraction of sp³-hybridized carbons (Fsp3) is 0.417. The molecule has 1 aliphatic rings. The molecule has 1 unspecified atom stereocenters. The van der Waals surface area contributed by atoms with E-state index >= 15 is 0 Å². The first-order chi connectivity index (χ1) is 8.13. The molecule has 0 radical (unpaired) electrons. The average molecular weight is 337 g/mol. The van der Waals surface area contributed by atoms with Crippen molar-refractivity contribution in [2.45, 2.75) is 18.9 Å². The first-order valence-corrected chi connectivity index (χ1v) is 7.33. The second kappa shape index (κ2) is 5.59. The SMILES string of the molecule is O=C(c1ccc(Cl)cc1Cl)N1CCCC1CBr. The van der Waals surface area contributed by atoms with Crippen LogP contribution in [-0.2, 0) is 0 Å². The van der Waals surface area contributed by atoms with Crippen molar-refractivity contribution in [3.63, 3.8) is 0 Å². The quantitative estimate of drug-likeness (QED) is 0.748. The Labute approximate surface area is 119 Å². The van der Waals surface area contributed by atoms with E-state index in [-0.39, 0.29) is 11.9 Å². The van der Waals surface area contributed by atoms with E-state index in [1.807, 2.05) is 4.90 Å². The fourth-order valence-electron chi connectivity index (χ4n) is 2.08. The number of hydrogen-bond acceptors (Lipinski definition) is 1. The molecule has 92 valence electrons. The van der Waals surface area contributed by atoms with Gasteiger partial charge in [0, 0.05) is 22.9 Å². The van der Waals surface area contributed by atoms with Gasteiger partial charge >= 0.3 is 0 Å². The van der Waals surface area contributed by atoms with E-state index in [4.69, 9.17) is 23.2 Å². The van der Waals surface area contributed by atoms with Crippen molar-refractivity contribution in [1.29, 1.82) is 0 Å². The monoisotopic (exact) mass is 335 g/mol. The van der Waals surface area contributed by atoms with Gasteiger partial charge in [0.05, 0.1) is 10.6 Å². The molecule has 1 atom stereocenters. The lowest BCUT2D eigenvalue weighted by molar-refractivity contribution is 0.0751. The molecule has 5 heteroatoms. The highest BCUT2D eigenvalue weighted by atomic mass is 79.9. The number of alkyl halides is 1. The van der Waals surface area contributed by atoms with Gasteiger partial charge in [0.15, 0.2) is 0 Å². The highest BCUT2D eigenvalue weighted by Gasteiger charge is 2.29. The summed E-state index contributed by atoms with van der Waals surface area (Å²) in [5.74, 6) is -0.00591. The summed E-state index contributed by atoms with van der Waals surface area (Å²) in [6.07, 6.45) is 2.09. The van der Waals surface area contributed by atoms with Crippen LogP contribution in [0.15, 0.2) is 18.2 Å². The Morgan fingerprint density at radius 2 is 2.24 bits per heavy atom. The topological polar surface area (TPSA) is 20.3 Å². The number of nitrogens with zero attached hydrogens (tertiary/aromatic N) is 1. The molecule has 1 fully saturated rings. The Morgan fingerprint density at radius 1 is 1.47 bits per heavy atom. The molecule has 0 bridgehead atoms. The van der Waals surface area contributed by atoms with Crippen molar-refractivity contribution >= 4 is 45.0 Å². The number of carbonyl (C=O) groups excluding carboxylic acids is 1. The molecule has 0 aliphatic carbocycles. The molecule has 2 rings (SSSR count). The van der Waals surface area contributed by atoms with E-state index < -0.39 is 0 Å². The van der Waals surface area contributed by atoms with Gasteiger partial charge in [0.2, 0.25) is 0 Å². The number of amides is 1. The molecule has 0 N–H and O–H groups in total. The Hall–Kier alpha value is -0.250. The number of rotatable bonds is 2. The molecule has 0 aromatic heterocycles. The Morgan fingerprint density at radius 3 is 2.88 bits per heavy atom. The van der Waals surface area contributed by atoms with Crippen LogP contribution in [0.5, 0.6) is 0 Å². The molecular weight excluding hydrogens is 325 g/mol. The lowest BCUT2D eigenvalue weighted by Gasteiger charge is -2.23. The molecule has 1 saturated heterocycles. The van der Waals surface area contributed by atoms with Gasteiger partial charge in [0.1, 0.15) is 0 Å². The summed E-state index contributed by atoms with van der Waals surface area (Å²) >= 11 is 15.3. The largest absolute Gasteiger partial charge is 0.335 e. The van der Waals surface area contributed by atoms with Crippen molar-refractivity contribution in [2.24, 2.45) is 0 Å². The Balaban J connectivity index is 2.24. The summed E-state index contributed by atoms with van der Waals surface area (Å²) < 4.78 is 0. The zero-order valence-electron chi connectivity index (χ0n) is 9.13. The maximum atomic E-state index is 12.3. The first-order valence-electron chi connectivity index (χ1n) is 5.45. The molecular formula is C12H12BrCl2NO. The van der Waals surface area contributed by atoms with Gasteiger partial charge < -0.3 is 4.90 Å². The number of hydrogen-bond donors (Lipinski definition) is 0. The van der Waals surface area contributed by atoms with Crippen LogP contribution in [0.3, 0.4) is 0 Å². The van der Waals surface area contributed by atoms with Crippen LogP contribution in [0, 0.1) is 0 Å². The van der Waals surface area contributed by atoms with Crippen LogP contribution in [-0.4, -0.2) is 28.7 Å². The van der Waals surface area contributed by atoms with Crippen molar-refractivity contribution in [2.75, 3.05) is 11.9 Å². The molecule has 17 heavy (non-hydrogen) atoms. The number of carbonyl (C=O) groups is 1. The van der Waals surface area contributed by atoms with Crippen LogP contribution in [0.25, 0.3) is 0 Å². The van der Waals surface area contributed by atoms with Crippen LogP contribution in [0.2, 0.25) is 10.0 Å². The van der Waals surface area contributed by atoms with Gasteiger partial charge in [0.25, 0.3) is 5.91 Å². The predicted octanol–water partition coefficient (Wildman–Crippen LogP) is 3.99. The molecule has 0 spiro atoms. The van der Waals surface area contributed by atoms with E-state index in [0.29, 0.717) is 15.6 Å². The first kappa shape index (κ1) is 13.2. The molecule has 2 nitrogen and oxygen atoms in total. The van der Waals surface area contributed by atoms with Crippen LogP contribution in [0.1, 0.15) is 23.2 Å². The number of benzene rings is 1. The molecule has 1 amide bonds. The summed E-state index contributed by atoms with van der Waals surface area (Å²) in [5.41, 5.74) is 0.531. The van der Waals surface area contributed by atoms with Crippen molar-refractivity contribution in [3.8, 4) is 0 Å². The Kier molecular flexibility index (Phi) is 4.34. The summed E-state index contributed by atoms with van der Waals surface area (Å²) in [6.45, 7) is 0.800. The maximum absolute atomic E-state index is 12.3. The third-order valence-electron chi connectivity index (χ3n) is 2.98. The summed E-state index contributed by atoms with van der Waals surface area (Å²) in [4.78, 5) is 14.2. The zero-order valence-corrected chi connectivity index (χ0v) is 12.2. The van der Waals surface area contributed by atoms with Crippen molar-refractivity contribution in [1.82, 2.24) is 4.90 Å². The lowest BCUT2D eigenvalue weighted by Crippen LogP contribution is -2.36. The van der Waals surface area contributed by atoms with Gasteiger partial charge in [-0.25, -0.2) is 0 Å². The molecule has 1 aromatic rings. The van der Waals surface area contributed by atoms with Crippen molar-refractivity contribution in [3.05, 3.63) is 33.8 Å². The van der Waals surface area contributed by atoms with Crippen LogP contribution < -0.4 is 0 Å². The lowest BCUT2D eigenvalue weighted by atomic mass is 10.2. The molecule has 0 saturated carbocycles. The second-order valence-corrected chi connectivity index (χ2v) is 5.56. The minimum atomic E-state index is -0.00591. The third kappa shape index (κ3) is 2.78. The van der Waals surface area contributed by atoms with Crippen LogP contribution in [0.4, 0.5) is 0 Å². The normalized spacial score (nSPS) is 19.7. The van der Waals surface area contributed by atoms with E-state index in [1.165, 1.54) is 0 Å². The fourth-order valence-corrected chi connectivity index (χ4v) is 3.24. The van der Waals surface area contributed by atoms with Gasteiger partial charge in [-0.15, -0.1) is 0 Å². The van der Waals surface area contributed by atoms with E-state index in [0.717, 1.165) is 24.7 Å². The minimum absolute atomic E-state index is 0.00591. The molecule has 1 aromatic carbocycles. The van der Waals surface area contributed by atoms with Gasteiger partial charge in [-0.1, -0.05) is 39.1 Å². The van der Waals surface area contributed by atoms with E-state index in [9.17, 15) is 4.79 Å². The van der Waals surface area contributed by atoms with Crippen LogP contribution >= 0.6 is 39.1 Å². The summed E-state index contributed by atoms with van der Waals surface area (Å²) in [7, 11) is 0. The van der Waals surface area contributed by atoms with E-state index in [2.05, 4.69) is 15.9 Å². The minimum Gasteiger partial charge on any atom is -0.335 e. The highest BCUT2D eigenvalue weighted by Crippen LogP contribution is 2.26. The Bertz CT molecular complexity index is 439. The van der Waals surface area contributed by atoms with E-state index in [1.54, 1.807) is 18.2 Å². The smallest absolute Gasteiger partial charge is 0.255 e.